The molecule has 1 aliphatic heterocycles. The number of hydrogen-bond acceptors (Lipinski definition) is 5. The van der Waals surface area contributed by atoms with E-state index in [2.05, 4.69) is 15.6 Å². The highest BCUT2D eigenvalue weighted by atomic mass is 32.1. The number of aliphatic hydroxyl groups excluding tert-OH is 1. The number of hydrogen-bond donors (Lipinski definition) is 3. The number of halogens is 1. The molecule has 1 amide bonds. The molecule has 5 nitrogen and oxygen atoms in total. The lowest BCUT2D eigenvalue weighted by molar-refractivity contribution is 0.0931. The molecule has 1 aromatic heterocycles. The highest BCUT2D eigenvalue weighted by Gasteiger charge is 2.25. The molecular formula is C15H16FN3O2S. The van der Waals surface area contributed by atoms with Crippen LogP contribution in [0.3, 0.4) is 0 Å². The summed E-state index contributed by atoms with van der Waals surface area (Å²) in [4.78, 5) is 16.6. The molecule has 2 atom stereocenters. The van der Waals surface area contributed by atoms with Crippen LogP contribution < -0.4 is 10.6 Å². The molecule has 2 aromatic rings. The van der Waals surface area contributed by atoms with Crippen LogP contribution in [0.25, 0.3) is 10.6 Å². The third-order valence-corrected chi connectivity index (χ3v) is 4.69. The molecule has 0 bridgehead atoms. The van der Waals surface area contributed by atoms with E-state index in [0.29, 0.717) is 35.1 Å². The van der Waals surface area contributed by atoms with Crippen molar-refractivity contribution in [1.82, 2.24) is 15.6 Å². The van der Waals surface area contributed by atoms with Gasteiger partial charge in [-0.25, -0.2) is 9.37 Å². The second-order valence-corrected chi connectivity index (χ2v) is 6.24. The van der Waals surface area contributed by atoms with Gasteiger partial charge in [0, 0.05) is 31.1 Å². The largest absolute Gasteiger partial charge is 0.391 e. The molecule has 2 unspecified atom stereocenters. The van der Waals surface area contributed by atoms with Crippen molar-refractivity contribution in [3.05, 3.63) is 41.2 Å². The number of nitrogens with zero attached hydrogens (tertiary/aromatic N) is 1. The molecule has 1 aromatic carbocycles. The molecule has 1 fully saturated rings. The summed E-state index contributed by atoms with van der Waals surface area (Å²) in [6, 6.07) is 6.34. The van der Waals surface area contributed by atoms with Crippen molar-refractivity contribution in [2.45, 2.75) is 6.10 Å². The summed E-state index contributed by atoms with van der Waals surface area (Å²) >= 11 is 1.15. The van der Waals surface area contributed by atoms with Gasteiger partial charge in [-0.05, 0) is 12.1 Å². The Labute approximate surface area is 131 Å². The summed E-state index contributed by atoms with van der Waals surface area (Å²) in [5.41, 5.74) is 0.391. The van der Waals surface area contributed by atoms with Crippen LogP contribution in [-0.4, -0.2) is 41.7 Å². The lowest BCUT2D eigenvalue weighted by Crippen LogP contribution is -2.34. The molecule has 0 radical (unpaired) electrons. The lowest BCUT2D eigenvalue weighted by Gasteiger charge is -2.13. The van der Waals surface area contributed by atoms with Crippen molar-refractivity contribution in [3.8, 4) is 10.6 Å². The van der Waals surface area contributed by atoms with Gasteiger partial charge >= 0.3 is 0 Å². The summed E-state index contributed by atoms with van der Waals surface area (Å²) in [5, 5.41) is 16.0. The molecular weight excluding hydrogens is 305 g/mol. The second-order valence-electron chi connectivity index (χ2n) is 5.21. The van der Waals surface area contributed by atoms with Gasteiger partial charge in [-0.15, -0.1) is 11.3 Å². The molecule has 0 aliphatic carbocycles. The Morgan fingerprint density at radius 1 is 1.45 bits per heavy atom. The number of aromatic nitrogens is 1. The van der Waals surface area contributed by atoms with Crippen molar-refractivity contribution in [1.29, 1.82) is 0 Å². The first-order chi connectivity index (χ1) is 10.6. The summed E-state index contributed by atoms with van der Waals surface area (Å²) < 4.78 is 13.7. The van der Waals surface area contributed by atoms with Crippen molar-refractivity contribution in [2.24, 2.45) is 5.92 Å². The van der Waals surface area contributed by atoms with E-state index >= 15 is 0 Å². The Bertz CT molecular complexity index is 676. The van der Waals surface area contributed by atoms with Crippen LogP contribution in [-0.2, 0) is 0 Å². The normalized spacial score (nSPS) is 21.0. The van der Waals surface area contributed by atoms with Gasteiger partial charge in [0.1, 0.15) is 15.7 Å². The molecule has 3 N–H and O–H groups in total. The van der Waals surface area contributed by atoms with Crippen LogP contribution in [0.5, 0.6) is 0 Å². The van der Waals surface area contributed by atoms with E-state index in [9.17, 15) is 14.3 Å². The maximum absolute atomic E-state index is 13.7. The zero-order valence-electron chi connectivity index (χ0n) is 11.8. The zero-order valence-corrected chi connectivity index (χ0v) is 12.6. The van der Waals surface area contributed by atoms with Gasteiger partial charge in [0.05, 0.1) is 12.3 Å². The number of rotatable bonds is 4. The fraction of sp³-hybridized carbons (Fsp3) is 0.333. The van der Waals surface area contributed by atoms with Crippen LogP contribution in [0.15, 0.2) is 30.5 Å². The van der Waals surface area contributed by atoms with E-state index in [0.717, 1.165) is 11.3 Å². The minimum absolute atomic E-state index is 0.0166. The number of β-amino-alcohol motifs (C(OH)–C–C–N with tert-alkyl or cyclic N) is 1. The summed E-state index contributed by atoms with van der Waals surface area (Å²) in [7, 11) is 0. The minimum atomic E-state index is -0.435. The number of nitrogens with one attached hydrogen (secondary N) is 2. The number of carbonyl (C=O) groups excluding carboxylic acids is 1. The first kappa shape index (κ1) is 15.1. The number of aliphatic hydroxyl groups is 1. The van der Waals surface area contributed by atoms with Crippen LogP contribution in [0.2, 0.25) is 0 Å². The Morgan fingerprint density at radius 3 is 3.00 bits per heavy atom. The number of thiazole rings is 1. The fourth-order valence-corrected chi connectivity index (χ4v) is 3.24. The van der Waals surface area contributed by atoms with E-state index in [-0.39, 0.29) is 17.6 Å². The molecule has 7 heteroatoms. The molecule has 1 saturated heterocycles. The van der Waals surface area contributed by atoms with Crippen LogP contribution in [0.4, 0.5) is 4.39 Å². The van der Waals surface area contributed by atoms with E-state index in [1.54, 1.807) is 18.2 Å². The summed E-state index contributed by atoms with van der Waals surface area (Å²) in [6.07, 6.45) is 1.02. The molecule has 2 heterocycles. The van der Waals surface area contributed by atoms with Gasteiger partial charge in [-0.2, -0.15) is 0 Å². The molecule has 0 saturated carbocycles. The highest BCUT2D eigenvalue weighted by Crippen LogP contribution is 2.27. The zero-order chi connectivity index (χ0) is 15.5. The summed E-state index contributed by atoms with van der Waals surface area (Å²) in [6.45, 7) is 1.64. The van der Waals surface area contributed by atoms with Crippen molar-refractivity contribution < 1.29 is 14.3 Å². The van der Waals surface area contributed by atoms with Gasteiger partial charge in [0.2, 0.25) is 0 Å². The van der Waals surface area contributed by atoms with Crippen LogP contribution >= 0.6 is 11.3 Å². The molecule has 3 rings (SSSR count). The van der Waals surface area contributed by atoms with Gasteiger partial charge < -0.3 is 15.7 Å². The maximum Gasteiger partial charge on any atom is 0.263 e. The smallest absolute Gasteiger partial charge is 0.263 e. The molecule has 22 heavy (non-hydrogen) atoms. The average Bonchev–Trinajstić information content (AvgIpc) is 3.14. The average molecular weight is 321 g/mol. The highest BCUT2D eigenvalue weighted by molar-refractivity contribution is 7.16. The topological polar surface area (TPSA) is 74.2 Å². The molecule has 1 aliphatic rings. The van der Waals surface area contributed by atoms with Crippen molar-refractivity contribution in [3.63, 3.8) is 0 Å². The van der Waals surface area contributed by atoms with Crippen LogP contribution in [0, 0.1) is 11.7 Å². The minimum Gasteiger partial charge on any atom is -0.391 e. The predicted molar refractivity (Wildman–Crippen MR) is 82.2 cm³/mol. The van der Waals surface area contributed by atoms with Gasteiger partial charge in [-0.1, -0.05) is 12.1 Å². The van der Waals surface area contributed by atoms with E-state index < -0.39 is 6.10 Å². The Balaban J connectivity index is 1.66. The summed E-state index contributed by atoms with van der Waals surface area (Å²) in [5.74, 6) is -0.592. The number of benzene rings is 1. The van der Waals surface area contributed by atoms with Gasteiger partial charge in [-0.3, -0.25) is 4.79 Å². The third kappa shape index (κ3) is 3.16. The quantitative estimate of drug-likeness (QED) is 0.792. The molecule has 116 valence electrons. The Morgan fingerprint density at radius 2 is 2.27 bits per heavy atom. The standard InChI is InChI=1S/C15H16FN3O2S/c16-11-4-2-1-3-10(11)15-19-8-13(22-15)14(21)18-6-9-5-17-7-12(9)20/h1-4,8-9,12,17,20H,5-7H2,(H,18,21). The van der Waals surface area contributed by atoms with E-state index in [1.165, 1.54) is 12.3 Å². The Kier molecular flexibility index (Phi) is 4.47. The predicted octanol–water partition coefficient (Wildman–Crippen LogP) is 1.26. The molecule has 0 spiro atoms. The van der Waals surface area contributed by atoms with Crippen molar-refractivity contribution in [2.75, 3.05) is 19.6 Å². The number of amides is 1. The lowest BCUT2D eigenvalue weighted by atomic mass is 10.1. The first-order valence-corrected chi connectivity index (χ1v) is 7.84. The monoisotopic (exact) mass is 321 g/mol. The van der Waals surface area contributed by atoms with Gasteiger partial charge in [0.25, 0.3) is 5.91 Å². The van der Waals surface area contributed by atoms with E-state index in [1.807, 2.05) is 0 Å². The number of carbonyl (C=O) groups is 1. The fourth-order valence-electron chi connectivity index (χ4n) is 2.38. The maximum atomic E-state index is 13.7. The SMILES string of the molecule is O=C(NCC1CNCC1O)c1cnc(-c2ccccc2F)s1. The van der Waals surface area contributed by atoms with E-state index in [4.69, 9.17) is 0 Å². The van der Waals surface area contributed by atoms with Crippen LogP contribution in [0.1, 0.15) is 9.67 Å². The Hall–Kier alpha value is -1.83. The second kappa shape index (κ2) is 6.51. The third-order valence-electron chi connectivity index (χ3n) is 3.66. The first-order valence-electron chi connectivity index (χ1n) is 7.03. The van der Waals surface area contributed by atoms with Gasteiger partial charge in [0.15, 0.2) is 0 Å². The van der Waals surface area contributed by atoms with Crippen molar-refractivity contribution >= 4 is 17.2 Å².